The van der Waals surface area contributed by atoms with Gasteiger partial charge in [0.05, 0.1) is 0 Å². The molecule has 0 radical (unpaired) electrons. The first-order valence-corrected chi connectivity index (χ1v) is 2.77. The average Bonchev–Trinajstić information content (AvgIpc) is 1.63. The Bertz CT molecular complexity index is 158. The van der Waals surface area contributed by atoms with Gasteiger partial charge in [-0.3, -0.25) is 0 Å². The Labute approximate surface area is 58.4 Å². The van der Waals surface area contributed by atoms with Crippen molar-refractivity contribution in [3.8, 4) is 0 Å². The highest BCUT2D eigenvalue weighted by Gasteiger charge is 1.89. The number of hydrogen-bond donors (Lipinski definition) is 1. The summed E-state index contributed by atoms with van der Waals surface area (Å²) in [6.45, 7) is 1.76. The predicted molar refractivity (Wildman–Crippen MR) is 36.4 cm³/mol. The molecule has 0 aromatic heterocycles. The van der Waals surface area contributed by atoms with Crippen molar-refractivity contribution in [2.75, 3.05) is 0 Å². The van der Waals surface area contributed by atoms with Crippen LogP contribution in [0.3, 0.4) is 0 Å². The minimum absolute atomic E-state index is 0.227. The summed E-state index contributed by atoms with van der Waals surface area (Å²) in [6, 6.07) is 0. The zero-order valence-corrected chi connectivity index (χ0v) is 5.72. The molecule has 9 heavy (non-hydrogen) atoms. The minimum Gasteiger partial charge on any atom is -0.478 e. The van der Waals surface area contributed by atoms with Gasteiger partial charge in [0.15, 0.2) is 0 Å². The second-order valence-electron chi connectivity index (χ2n) is 1.37. The maximum Gasteiger partial charge on any atom is 0.329 e. The summed E-state index contributed by atoms with van der Waals surface area (Å²) in [6.07, 6.45) is 4.11. The SMILES string of the molecule is C/C=C\C(Cl)=C/C(=O)O. The molecule has 0 aliphatic rings. The van der Waals surface area contributed by atoms with E-state index in [-0.39, 0.29) is 5.03 Å². The van der Waals surface area contributed by atoms with Gasteiger partial charge in [-0.25, -0.2) is 4.79 Å². The molecule has 1 N–H and O–H groups in total. The van der Waals surface area contributed by atoms with Gasteiger partial charge in [-0.2, -0.15) is 0 Å². The number of carbonyl (C=O) groups is 1. The third-order valence-electron chi connectivity index (χ3n) is 0.587. The van der Waals surface area contributed by atoms with E-state index in [1.807, 2.05) is 0 Å². The van der Waals surface area contributed by atoms with Crippen LogP contribution in [0.1, 0.15) is 6.92 Å². The van der Waals surface area contributed by atoms with Crippen LogP contribution in [-0.2, 0) is 4.79 Å². The Morgan fingerprint density at radius 1 is 1.67 bits per heavy atom. The molecule has 50 valence electrons. The molecule has 0 aliphatic heterocycles. The Balaban J connectivity index is 4.00. The van der Waals surface area contributed by atoms with E-state index in [9.17, 15) is 4.79 Å². The van der Waals surface area contributed by atoms with Crippen LogP contribution < -0.4 is 0 Å². The van der Waals surface area contributed by atoms with Crippen LogP contribution in [0.5, 0.6) is 0 Å². The molecule has 0 heterocycles. The molecule has 2 nitrogen and oxygen atoms in total. The largest absolute Gasteiger partial charge is 0.478 e. The van der Waals surface area contributed by atoms with Crippen molar-refractivity contribution >= 4 is 17.6 Å². The molecule has 0 fully saturated rings. The molecular weight excluding hydrogens is 140 g/mol. The van der Waals surface area contributed by atoms with Gasteiger partial charge in [0.1, 0.15) is 0 Å². The highest BCUT2D eigenvalue weighted by Crippen LogP contribution is 2.01. The zero-order chi connectivity index (χ0) is 7.28. The summed E-state index contributed by atoms with van der Waals surface area (Å²) in [4.78, 5) is 9.89. The first-order chi connectivity index (χ1) is 4.16. The van der Waals surface area contributed by atoms with Crippen molar-refractivity contribution in [3.63, 3.8) is 0 Å². The van der Waals surface area contributed by atoms with Crippen LogP contribution in [0.4, 0.5) is 0 Å². The number of rotatable bonds is 2. The first-order valence-electron chi connectivity index (χ1n) is 2.39. The van der Waals surface area contributed by atoms with Gasteiger partial charge in [-0.1, -0.05) is 17.7 Å². The van der Waals surface area contributed by atoms with Crippen LogP contribution in [-0.4, -0.2) is 11.1 Å². The number of aliphatic carboxylic acids is 1. The van der Waals surface area contributed by atoms with Crippen LogP contribution in [0, 0.1) is 0 Å². The number of carboxylic acids is 1. The average molecular weight is 147 g/mol. The van der Waals surface area contributed by atoms with Crippen LogP contribution in [0.15, 0.2) is 23.3 Å². The zero-order valence-electron chi connectivity index (χ0n) is 4.97. The second-order valence-corrected chi connectivity index (χ2v) is 1.80. The molecule has 0 aromatic carbocycles. The molecule has 0 saturated carbocycles. The standard InChI is InChI=1S/C6H7ClO2/c1-2-3-5(7)4-6(8)9/h2-4H,1H3,(H,8,9)/b3-2-,5-4+. The van der Waals surface area contributed by atoms with Crippen molar-refractivity contribution in [1.29, 1.82) is 0 Å². The molecule has 0 spiro atoms. The van der Waals surface area contributed by atoms with E-state index < -0.39 is 5.97 Å². The first kappa shape index (κ1) is 8.24. The van der Waals surface area contributed by atoms with Crippen molar-refractivity contribution in [3.05, 3.63) is 23.3 Å². The van der Waals surface area contributed by atoms with Crippen molar-refractivity contribution in [1.82, 2.24) is 0 Å². The fraction of sp³-hybridized carbons (Fsp3) is 0.167. The number of allylic oxidation sites excluding steroid dienone is 3. The molecule has 0 rings (SSSR count). The maximum atomic E-state index is 9.89. The lowest BCUT2D eigenvalue weighted by atomic mass is 10.4. The molecule has 0 bridgehead atoms. The summed E-state index contributed by atoms with van der Waals surface area (Å²) >= 11 is 5.37. The van der Waals surface area contributed by atoms with E-state index in [0.717, 1.165) is 6.08 Å². The van der Waals surface area contributed by atoms with Crippen molar-refractivity contribution in [2.24, 2.45) is 0 Å². The summed E-state index contributed by atoms with van der Waals surface area (Å²) < 4.78 is 0. The number of carboxylic acid groups (broad SMARTS) is 1. The smallest absolute Gasteiger partial charge is 0.329 e. The van der Waals surface area contributed by atoms with Gasteiger partial charge in [0, 0.05) is 11.1 Å². The van der Waals surface area contributed by atoms with E-state index in [0.29, 0.717) is 0 Å². The highest BCUT2D eigenvalue weighted by atomic mass is 35.5. The monoisotopic (exact) mass is 146 g/mol. The Hall–Kier alpha value is -0.760. The summed E-state index contributed by atoms with van der Waals surface area (Å²) in [5, 5.41) is 8.34. The Morgan fingerprint density at radius 2 is 2.22 bits per heavy atom. The van der Waals surface area contributed by atoms with Gasteiger partial charge in [-0.05, 0) is 13.0 Å². The summed E-state index contributed by atoms with van der Waals surface area (Å²) in [5.74, 6) is -1.03. The van der Waals surface area contributed by atoms with Crippen molar-refractivity contribution < 1.29 is 9.90 Å². The lowest BCUT2D eigenvalue weighted by molar-refractivity contribution is -0.131. The lowest BCUT2D eigenvalue weighted by Crippen LogP contribution is -1.86. The summed E-state index contributed by atoms with van der Waals surface area (Å²) in [5.41, 5.74) is 0. The molecule has 0 aromatic rings. The van der Waals surface area contributed by atoms with Gasteiger partial charge in [0.25, 0.3) is 0 Å². The van der Waals surface area contributed by atoms with Gasteiger partial charge in [-0.15, -0.1) is 0 Å². The van der Waals surface area contributed by atoms with Crippen molar-refractivity contribution in [2.45, 2.75) is 6.92 Å². The van der Waals surface area contributed by atoms with Crippen LogP contribution >= 0.6 is 11.6 Å². The third kappa shape index (κ3) is 5.11. The molecule has 0 unspecified atom stereocenters. The fourth-order valence-corrected chi connectivity index (χ4v) is 0.545. The van der Waals surface area contributed by atoms with Crippen LogP contribution in [0.25, 0.3) is 0 Å². The molecule has 0 aliphatic carbocycles. The quantitative estimate of drug-likeness (QED) is 0.476. The normalized spacial score (nSPS) is 12.4. The molecule has 0 amide bonds. The van der Waals surface area contributed by atoms with E-state index in [4.69, 9.17) is 16.7 Å². The van der Waals surface area contributed by atoms with Crippen LogP contribution in [0.2, 0.25) is 0 Å². The van der Waals surface area contributed by atoms with E-state index in [2.05, 4.69) is 0 Å². The second kappa shape index (κ2) is 4.15. The predicted octanol–water partition coefficient (Wildman–Crippen LogP) is 1.77. The number of halogens is 1. The molecular formula is C6H7ClO2. The highest BCUT2D eigenvalue weighted by molar-refractivity contribution is 6.32. The van der Waals surface area contributed by atoms with Gasteiger partial charge in [0.2, 0.25) is 0 Å². The van der Waals surface area contributed by atoms with E-state index >= 15 is 0 Å². The summed E-state index contributed by atoms with van der Waals surface area (Å²) in [7, 11) is 0. The number of hydrogen-bond acceptors (Lipinski definition) is 1. The van der Waals surface area contributed by atoms with Gasteiger partial charge >= 0.3 is 5.97 Å². The topological polar surface area (TPSA) is 37.3 Å². The van der Waals surface area contributed by atoms with E-state index in [1.165, 1.54) is 6.08 Å². The van der Waals surface area contributed by atoms with Gasteiger partial charge < -0.3 is 5.11 Å². The maximum absolute atomic E-state index is 9.89. The molecule has 0 atom stereocenters. The Kier molecular flexibility index (Phi) is 3.80. The molecule has 0 saturated heterocycles. The minimum atomic E-state index is -1.03. The fourth-order valence-electron chi connectivity index (χ4n) is 0.325. The molecule has 3 heteroatoms. The lowest BCUT2D eigenvalue weighted by Gasteiger charge is -1.81. The third-order valence-corrected chi connectivity index (χ3v) is 0.822. The Morgan fingerprint density at radius 3 is 2.56 bits per heavy atom. The van der Waals surface area contributed by atoms with E-state index in [1.54, 1.807) is 13.0 Å².